The summed E-state index contributed by atoms with van der Waals surface area (Å²) in [5.41, 5.74) is 2.15. The Labute approximate surface area is 120 Å². The summed E-state index contributed by atoms with van der Waals surface area (Å²) >= 11 is 3.41. The second kappa shape index (κ2) is 5.72. The van der Waals surface area contributed by atoms with E-state index in [9.17, 15) is 0 Å². The number of hydrogen-bond donors (Lipinski definition) is 1. The molecule has 0 aliphatic heterocycles. The molecule has 0 fully saturated rings. The number of benzene rings is 1. The normalized spacial score (nSPS) is 9.79. The van der Waals surface area contributed by atoms with E-state index < -0.39 is 0 Å². The molecule has 1 aromatic carbocycles. The third kappa shape index (κ3) is 3.24. The minimum atomic E-state index is 0.573. The van der Waals surface area contributed by atoms with Crippen molar-refractivity contribution in [2.24, 2.45) is 0 Å². The van der Waals surface area contributed by atoms with Crippen molar-refractivity contribution in [1.29, 1.82) is 5.26 Å². The quantitative estimate of drug-likeness (QED) is 0.936. The van der Waals surface area contributed by atoms with Gasteiger partial charge in [0.05, 0.1) is 24.4 Å². The monoisotopic (exact) mass is 317 g/mol. The van der Waals surface area contributed by atoms with Gasteiger partial charge < -0.3 is 10.1 Å². The lowest BCUT2D eigenvalue weighted by atomic mass is 10.2. The van der Waals surface area contributed by atoms with Crippen LogP contribution in [0.5, 0.6) is 5.75 Å². The van der Waals surface area contributed by atoms with E-state index in [2.05, 4.69) is 32.3 Å². The fourth-order valence-corrected chi connectivity index (χ4v) is 2.07. The summed E-state index contributed by atoms with van der Waals surface area (Å²) in [6, 6.07) is 11.2. The third-order valence-electron chi connectivity index (χ3n) is 2.51. The van der Waals surface area contributed by atoms with Gasteiger partial charge in [0.25, 0.3) is 0 Å². The highest BCUT2D eigenvalue weighted by molar-refractivity contribution is 9.10. The van der Waals surface area contributed by atoms with Crippen LogP contribution in [0.15, 0.2) is 34.8 Å². The molecule has 0 bridgehead atoms. The predicted molar refractivity (Wildman–Crippen MR) is 77.7 cm³/mol. The molecule has 2 rings (SSSR count). The first-order valence-corrected chi connectivity index (χ1v) is 6.41. The topological polar surface area (TPSA) is 57.9 Å². The summed E-state index contributed by atoms with van der Waals surface area (Å²) in [5, 5.41) is 12.1. The largest absolute Gasteiger partial charge is 0.495 e. The molecule has 1 heterocycles. The van der Waals surface area contributed by atoms with Crippen molar-refractivity contribution < 1.29 is 4.74 Å². The lowest BCUT2D eigenvalue weighted by Crippen LogP contribution is -1.98. The van der Waals surface area contributed by atoms with Crippen molar-refractivity contribution in [1.82, 2.24) is 4.98 Å². The van der Waals surface area contributed by atoms with E-state index in [1.807, 2.05) is 25.1 Å². The summed E-state index contributed by atoms with van der Waals surface area (Å²) in [5.74, 6) is 1.33. The average molecular weight is 318 g/mol. The first-order chi connectivity index (χ1) is 9.12. The highest BCUT2D eigenvalue weighted by Crippen LogP contribution is 2.30. The molecule has 0 radical (unpaired) electrons. The molecule has 1 N–H and O–H groups in total. The first-order valence-electron chi connectivity index (χ1n) is 5.61. The van der Waals surface area contributed by atoms with E-state index in [0.717, 1.165) is 15.9 Å². The summed E-state index contributed by atoms with van der Waals surface area (Å²) < 4.78 is 6.22. The molecule has 0 saturated carbocycles. The molecule has 0 aliphatic rings. The number of aryl methyl sites for hydroxylation is 1. The molecule has 0 amide bonds. The molecule has 0 aliphatic carbocycles. The van der Waals surface area contributed by atoms with Crippen LogP contribution in [-0.2, 0) is 0 Å². The minimum absolute atomic E-state index is 0.573. The van der Waals surface area contributed by atoms with Crippen molar-refractivity contribution >= 4 is 27.4 Å². The fourth-order valence-electron chi connectivity index (χ4n) is 1.71. The highest BCUT2D eigenvalue weighted by atomic mass is 79.9. The van der Waals surface area contributed by atoms with Gasteiger partial charge in [0, 0.05) is 10.2 Å². The van der Waals surface area contributed by atoms with Crippen LogP contribution in [0.3, 0.4) is 0 Å². The zero-order valence-electron chi connectivity index (χ0n) is 10.6. The number of ether oxygens (including phenoxy) is 1. The Morgan fingerprint density at radius 3 is 2.79 bits per heavy atom. The van der Waals surface area contributed by atoms with Gasteiger partial charge >= 0.3 is 0 Å². The predicted octanol–water partition coefficient (Wildman–Crippen LogP) is 3.78. The van der Waals surface area contributed by atoms with Crippen LogP contribution in [0, 0.1) is 18.3 Å². The summed E-state index contributed by atoms with van der Waals surface area (Å²) in [7, 11) is 1.61. The van der Waals surface area contributed by atoms with Gasteiger partial charge in [-0.3, -0.25) is 0 Å². The van der Waals surface area contributed by atoms with E-state index in [1.165, 1.54) is 0 Å². The van der Waals surface area contributed by atoms with Gasteiger partial charge in [-0.15, -0.1) is 0 Å². The lowest BCUT2D eigenvalue weighted by Gasteiger charge is -2.11. The molecule has 96 valence electrons. The van der Waals surface area contributed by atoms with Crippen molar-refractivity contribution in [3.63, 3.8) is 0 Å². The van der Waals surface area contributed by atoms with Crippen LogP contribution in [0.1, 0.15) is 11.3 Å². The number of aromatic nitrogens is 1. The van der Waals surface area contributed by atoms with Gasteiger partial charge in [-0.1, -0.05) is 15.9 Å². The molecule has 4 nitrogen and oxygen atoms in total. The van der Waals surface area contributed by atoms with E-state index in [4.69, 9.17) is 10.00 Å². The van der Waals surface area contributed by atoms with Crippen LogP contribution >= 0.6 is 15.9 Å². The molecule has 0 unspecified atom stereocenters. The number of pyridine rings is 1. The van der Waals surface area contributed by atoms with Crippen LogP contribution in [0.2, 0.25) is 0 Å². The van der Waals surface area contributed by atoms with E-state index >= 15 is 0 Å². The molecule has 5 heteroatoms. The maximum absolute atomic E-state index is 8.96. The molecular weight excluding hydrogens is 306 g/mol. The zero-order chi connectivity index (χ0) is 13.8. The Bertz CT molecular complexity index is 650. The van der Waals surface area contributed by atoms with Crippen molar-refractivity contribution in [2.45, 2.75) is 6.92 Å². The van der Waals surface area contributed by atoms with Gasteiger partial charge in [0.2, 0.25) is 0 Å². The Kier molecular flexibility index (Phi) is 4.03. The molecule has 1 aromatic heterocycles. The Morgan fingerprint density at radius 2 is 2.11 bits per heavy atom. The Hall–Kier alpha value is -2.06. The molecule has 0 saturated heterocycles. The van der Waals surface area contributed by atoms with Gasteiger partial charge in [0.1, 0.15) is 11.6 Å². The summed E-state index contributed by atoms with van der Waals surface area (Å²) in [6.07, 6.45) is 0. The van der Waals surface area contributed by atoms with Crippen molar-refractivity contribution in [2.75, 3.05) is 12.4 Å². The Morgan fingerprint density at radius 1 is 1.32 bits per heavy atom. The standard InChI is InChI=1S/C14H12BrN3O/c1-9-5-10(8-16)6-14(17-9)18-12-7-11(15)3-4-13(12)19-2/h3-7H,1-2H3,(H,17,18). The number of hydrogen-bond acceptors (Lipinski definition) is 4. The van der Waals surface area contributed by atoms with Crippen LogP contribution in [0.4, 0.5) is 11.5 Å². The first kappa shape index (κ1) is 13.4. The molecule has 0 atom stereocenters. The molecular formula is C14H12BrN3O. The van der Waals surface area contributed by atoms with Gasteiger partial charge in [-0.05, 0) is 37.3 Å². The van der Waals surface area contributed by atoms with Crippen molar-refractivity contribution in [3.8, 4) is 11.8 Å². The number of nitrogens with one attached hydrogen (secondary N) is 1. The van der Waals surface area contributed by atoms with Gasteiger partial charge in [-0.2, -0.15) is 5.26 Å². The number of methoxy groups -OCH3 is 1. The molecule has 19 heavy (non-hydrogen) atoms. The second-order valence-corrected chi connectivity index (χ2v) is 4.88. The molecule has 2 aromatic rings. The van der Waals surface area contributed by atoms with E-state index in [1.54, 1.807) is 19.2 Å². The fraction of sp³-hybridized carbons (Fsp3) is 0.143. The number of nitriles is 1. The summed E-state index contributed by atoms with van der Waals surface area (Å²) in [6.45, 7) is 1.85. The number of anilines is 2. The number of halogens is 1. The molecule has 0 spiro atoms. The lowest BCUT2D eigenvalue weighted by molar-refractivity contribution is 0.416. The van der Waals surface area contributed by atoms with Crippen LogP contribution in [-0.4, -0.2) is 12.1 Å². The average Bonchev–Trinajstić information content (AvgIpc) is 2.38. The van der Waals surface area contributed by atoms with E-state index in [-0.39, 0.29) is 0 Å². The summed E-state index contributed by atoms with van der Waals surface area (Å²) in [4.78, 5) is 4.35. The smallest absolute Gasteiger partial charge is 0.142 e. The second-order valence-electron chi connectivity index (χ2n) is 3.96. The highest BCUT2D eigenvalue weighted by Gasteiger charge is 2.06. The third-order valence-corrected chi connectivity index (χ3v) is 3.00. The SMILES string of the molecule is COc1ccc(Br)cc1Nc1cc(C#N)cc(C)n1. The van der Waals surface area contributed by atoms with Crippen molar-refractivity contribution in [3.05, 3.63) is 46.1 Å². The van der Waals surface area contributed by atoms with Crippen LogP contribution < -0.4 is 10.1 Å². The van der Waals surface area contributed by atoms with Gasteiger partial charge in [0.15, 0.2) is 0 Å². The number of nitrogens with zero attached hydrogens (tertiary/aromatic N) is 2. The zero-order valence-corrected chi connectivity index (χ0v) is 12.2. The minimum Gasteiger partial charge on any atom is -0.495 e. The van der Waals surface area contributed by atoms with Crippen LogP contribution in [0.25, 0.3) is 0 Å². The van der Waals surface area contributed by atoms with Gasteiger partial charge in [-0.25, -0.2) is 4.98 Å². The number of rotatable bonds is 3. The Balaban J connectivity index is 2.38. The maximum Gasteiger partial charge on any atom is 0.142 e. The van der Waals surface area contributed by atoms with E-state index in [0.29, 0.717) is 17.1 Å². The maximum atomic E-state index is 8.96.